The topological polar surface area (TPSA) is 100 Å². The molecule has 0 spiro atoms. The molecule has 218 valence electrons. The molecule has 11 heteroatoms. The van der Waals surface area contributed by atoms with Gasteiger partial charge in [0.05, 0.1) is 18.1 Å². The summed E-state index contributed by atoms with van der Waals surface area (Å²) < 4.78 is 42.7. The number of likely N-dealkylation sites (tertiary alicyclic amines) is 1. The molecule has 1 fully saturated rings. The Kier molecular flexibility index (Phi) is 9.59. The maximum Gasteiger partial charge on any atom is 0.454 e. The minimum absolute atomic E-state index is 0.234. The molecular formula is C30H34F3N5O3. The van der Waals surface area contributed by atoms with Crippen molar-refractivity contribution in [3.8, 4) is 0 Å². The van der Waals surface area contributed by atoms with E-state index in [4.69, 9.17) is 9.72 Å². The smallest absolute Gasteiger partial charge is 0.454 e. The summed E-state index contributed by atoms with van der Waals surface area (Å²) in [6.45, 7) is 9.04. The Balaban J connectivity index is 1.57. The number of H-pyrrole nitrogens is 1. The van der Waals surface area contributed by atoms with Crippen molar-refractivity contribution in [3.05, 3.63) is 65.5 Å². The van der Waals surface area contributed by atoms with Gasteiger partial charge in [0, 0.05) is 29.4 Å². The number of alkyl halides is 3. The molecule has 0 unspecified atom stereocenters. The van der Waals surface area contributed by atoms with Gasteiger partial charge in [0.2, 0.25) is 0 Å². The van der Waals surface area contributed by atoms with Crippen LogP contribution >= 0.6 is 0 Å². The van der Waals surface area contributed by atoms with Crippen molar-refractivity contribution < 1.29 is 27.5 Å². The monoisotopic (exact) mass is 569 g/mol. The lowest BCUT2D eigenvalue weighted by molar-refractivity contribution is -0.166. The van der Waals surface area contributed by atoms with Crippen LogP contribution in [0.4, 0.5) is 19.0 Å². The largest absolute Gasteiger partial charge is 0.465 e. The number of ketones is 1. The molecule has 0 saturated carbocycles. The Morgan fingerprint density at radius 1 is 1.20 bits per heavy atom. The molecule has 0 aliphatic carbocycles. The van der Waals surface area contributed by atoms with Crippen LogP contribution in [0.2, 0.25) is 0 Å². The lowest BCUT2D eigenvalue weighted by atomic mass is 10.1. The standard InChI is InChI=1S/C30H34F3N5O3/c1-19(9-7-10-20(2)26(39)30(31,32)33)17-24-36-27(34-13-8-16-38-14-5-4-6-15-38)25-22-12-11-21(29(40)41-3)18-23(22)35-28(25)37-24/h7,9-12,18H,1,4-6,8,13-17H2,2-3H3,(H2,34,35,36,37)/b9-7-,20-10+. The van der Waals surface area contributed by atoms with Crippen molar-refractivity contribution in [2.45, 2.75) is 45.2 Å². The fraction of sp³-hybridized carbons (Fsp3) is 0.400. The lowest BCUT2D eigenvalue weighted by Gasteiger charge is -2.26. The number of benzene rings is 1. The van der Waals surface area contributed by atoms with Crippen molar-refractivity contribution in [2.24, 2.45) is 0 Å². The Morgan fingerprint density at radius 2 is 1.95 bits per heavy atom. The van der Waals surface area contributed by atoms with E-state index in [1.54, 1.807) is 12.1 Å². The van der Waals surface area contributed by atoms with E-state index in [1.807, 2.05) is 6.07 Å². The first-order chi connectivity index (χ1) is 19.6. The number of nitrogens with zero attached hydrogens (tertiary/aromatic N) is 3. The van der Waals surface area contributed by atoms with Crippen LogP contribution in [0.5, 0.6) is 0 Å². The highest BCUT2D eigenvalue weighted by Gasteiger charge is 2.38. The summed E-state index contributed by atoms with van der Waals surface area (Å²) in [4.78, 5) is 38.6. The van der Waals surface area contributed by atoms with Gasteiger partial charge in [-0.2, -0.15) is 13.2 Å². The number of fused-ring (bicyclic) bond motifs is 3. The van der Waals surface area contributed by atoms with Gasteiger partial charge < -0.3 is 19.9 Å². The maximum atomic E-state index is 12.6. The molecule has 0 amide bonds. The first-order valence-corrected chi connectivity index (χ1v) is 13.6. The average Bonchev–Trinajstić information content (AvgIpc) is 3.32. The summed E-state index contributed by atoms with van der Waals surface area (Å²) >= 11 is 0. The number of allylic oxidation sites excluding steroid dienone is 5. The van der Waals surface area contributed by atoms with E-state index in [1.165, 1.54) is 38.5 Å². The minimum atomic E-state index is -4.91. The molecule has 2 aromatic heterocycles. The molecule has 3 aromatic rings. The van der Waals surface area contributed by atoms with Gasteiger partial charge in [0.25, 0.3) is 5.78 Å². The summed E-state index contributed by atoms with van der Waals surface area (Å²) in [7, 11) is 1.33. The molecule has 4 rings (SSSR count). The molecule has 1 aromatic carbocycles. The molecule has 41 heavy (non-hydrogen) atoms. The summed E-state index contributed by atoms with van der Waals surface area (Å²) in [6.07, 6.45) is 4.01. The summed E-state index contributed by atoms with van der Waals surface area (Å²) in [5.74, 6) is -1.23. The van der Waals surface area contributed by atoms with Crippen LogP contribution in [-0.2, 0) is 16.0 Å². The third-order valence-electron chi connectivity index (χ3n) is 6.99. The molecule has 8 nitrogen and oxygen atoms in total. The minimum Gasteiger partial charge on any atom is -0.465 e. The molecule has 0 atom stereocenters. The second-order valence-corrected chi connectivity index (χ2v) is 10.1. The number of nitrogens with one attached hydrogen (secondary N) is 2. The van der Waals surface area contributed by atoms with Crippen molar-refractivity contribution in [1.29, 1.82) is 0 Å². The zero-order valence-electron chi connectivity index (χ0n) is 23.2. The number of hydrogen-bond donors (Lipinski definition) is 2. The van der Waals surface area contributed by atoms with Crippen LogP contribution in [0.25, 0.3) is 21.9 Å². The molecule has 1 saturated heterocycles. The predicted molar refractivity (Wildman–Crippen MR) is 153 cm³/mol. The number of aromatic amines is 1. The number of hydrogen-bond acceptors (Lipinski definition) is 7. The van der Waals surface area contributed by atoms with Gasteiger partial charge in [-0.3, -0.25) is 4.79 Å². The Hall–Kier alpha value is -3.99. The second-order valence-electron chi connectivity index (χ2n) is 10.1. The average molecular weight is 570 g/mol. The molecule has 0 bridgehead atoms. The van der Waals surface area contributed by atoms with Gasteiger partial charge in [0.15, 0.2) is 0 Å². The number of ether oxygens (including phenoxy) is 1. The third kappa shape index (κ3) is 7.60. The molecular weight excluding hydrogens is 535 g/mol. The van der Waals surface area contributed by atoms with Crippen molar-refractivity contribution in [3.63, 3.8) is 0 Å². The quantitative estimate of drug-likeness (QED) is 0.128. The first kappa shape index (κ1) is 30.0. The number of esters is 1. The zero-order chi connectivity index (χ0) is 29.6. The van der Waals surface area contributed by atoms with Gasteiger partial charge in [-0.05, 0) is 63.5 Å². The van der Waals surface area contributed by atoms with Crippen LogP contribution in [0.15, 0.2) is 54.2 Å². The third-order valence-corrected chi connectivity index (χ3v) is 6.99. The normalized spacial score (nSPS) is 15.1. The van der Waals surface area contributed by atoms with Gasteiger partial charge >= 0.3 is 12.1 Å². The van der Waals surface area contributed by atoms with Crippen LogP contribution in [0.1, 0.15) is 48.8 Å². The van der Waals surface area contributed by atoms with E-state index in [-0.39, 0.29) is 6.42 Å². The van der Waals surface area contributed by atoms with E-state index >= 15 is 0 Å². The van der Waals surface area contributed by atoms with Crippen molar-refractivity contribution in [2.75, 3.05) is 38.6 Å². The van der Waals surface area contributed by atoms with E-state index in [9.17, 15) is 22.8 Å². The van der Waals surface area contributed by atoms with E-state index in [2.05, 4.69) is 26.8 Å². The SMILES string of the molecule is C=C(/C=C\C=C(/C)C(=O)C(F)(F)F)Cc1nc(NCCCN2CCCCC2)c2c(n1)[nH]c1cc(C(=O)OC)ccc12. The summed E-state index contributed by atoms with van der Waals surface area (Å²) in [6, 6.07) is 5.24. The molecule has 1 aliphatic rings. The number of halogens is 3. The number of Topliss-reactive ketones (excluding diaryl/α,β-unsaturated/α-hetero) is 1. The molecule has 2 N–H and O–H groups in total. The Bertz CT molecular complexity index is 1500. The predicted octanol–water partition coefficient (Wildman–Crippen LogP) is 5.92. The number of anilines is 1. The number of carbonyl (C=O) groups excluding carboxylic acids is 2. The van der Waals surface area contributed by atoms with Crippen LogP contribution in [-0.4, -0.2) is 71.1 Å². The van der Waals surface area contributed by atoms with Crippen LogP contribution in [0, 0.1) is 0 Å². The Morgan fingerprint density at radius 3 is 2.66 bits per heavy atom. The molecule has 3 heterocycles. The van der Waals surface area contributed by atoms with Crippen LogP contribution in [0.3, 0.4) is 0 Å². The number of piperidine rings is 1. The lowest BCUT2D eigenvalue weighted by Crippen LogP contribution is -2.31. The summed E-state index contributed by atoms with van der Waals surface area (Å²) in [5, 5.41) is 5.11. The Labute approximate surface area is 236 Å². The van der Waals surface area contributed by atoms with Crippen molar-refractivity contribution >= 4 is 39.5 Å². The fourth-order valence-electron chi connectivity index (χ4n) is 4.88. The first-order valence-electron chi connectivity index (χ1n) is 13.6. The highest BCUT2D eigenvalue weighted by Crippen LogP contribution is 2.31. The number of methoxy groups -OCH3 is 1. The van der Waals surface area contributed by atoms with Gasteiger partial charge in [-0.15, -0.1) is 0 Å². The van der Waals surface area contributed by atoms with Gasteiger partial charge in [-0.1, -0.05) is 37.3 Å². The van der Waals surface area contributed by atoms with E-state index < -0.39 is 23.5 Å². The molecule has 1 aliphatic heterocycles. The second kappa shape index (κ2) is 13.1. The number of aromatic nitrogens is 3. The number of rotatable bonds is 11. The summed E-state index contributed by atoms with van der Waals surface area (Å²) in [5.41, 5.74) is 1.82. The van der Waals surface area contributed by atoms with Gasteiger partial charge in [0.1, 0.15) is 17.3 Å². The highest BCUT2D eigenvalue weighted by atomic mass is 19.4. The maximum absolute atomic E-state index is 12.6. The van der Waals surface area contributed by atoms with Gasteiger partial charge in [-0.25, -0.2) is 14.8 Å². The van der Waals surface area contributed by atoms with Crippen LogP contribution < -0.4 is 5.32 Å². The highest BCUT2D eigenvalue weighted by molar-refractivity contribution is 6.12. The van der Waals surface area contributed by atoms with Crippen molar-refractivity contribution in [1.82, 2.24) is 19.9 Å². The zero-order valence-corrected chi connectivity index (χ0v) is 23.2. The van der Waals surface area contributed by atoms with E-state index in [0.29, 0.717) is 40.5 Å². The number of carbonyl (C=O) groups is 2. The molecule has 0 radical (unpaired) electrons. The fourth-order valence-corrected chi connectivity index (χ4v) is 4.88. The van der Waals surface area contributed by atoms with E-state index in [0.717, 1.165) is 49.8 Å².